The summed E-state index contributed by atoms with van der Waals surface area (Å²) in [5, 5.41) is 0. The second-order valence-corrected chi connectivity index (χ2v) is 2.39. The van der Waals surface area contributed by atoms with Crippen LogP contribution in [-0.4, -0.2) is 18.8 Å². The third-order valence-electron chi connectivity index (χ3n) is 0.695. The van der Waals surface area contributed by atoms with Crippen molar-refractivity contribution in [2.75, 3.05) is 7.05 Å². The van der Waals surface area contributed by atoms with E-state index in [0.717, 1.165) is 0 Å². The molecular weight excluding hydrogens is 124 g/mol. The monoisotopic (exact) mass is 134 g/mol. The topological polar surface area (TPSA) is 24.4 Å². The molecule has 0 aliphatic heterocycles. The van der Waals surface area contributed by atoms with Gasteiger partial charge in [-0.1, -0.05) is 0 Å². The minimum Gasteiger partial charge on any atom is -0.299 e. The molecule has 0 aromatic rings. The Hall–Kier alpha value is -0.0800. The van der Waals surface area contributed by atoms with Crippen molar-refractivity contribution >= 4 is 18.0 Å². The fraction of sp³-hybridized carbons (Fsp3) is 0.800. The Balaban J connectivity index is 3.71. The van der Waals surface area contributed by atoms with Crippen LogP contribution in [0.25, 0.3) is 0 Å². The minimum absolute atomic E-state index is 0.184. The van der Waals surface area contributed by atoms with Crippen LogP contribution in [0.2, 0.25) is 0 Å². The van der Waals surface area contributed by atoms with Crippen molar-refractivity contribution in [3.8, 4) is 0 Å². The van der Waals surface area contributed by atoms with Gasteiger partial charge < -0.3 is 0 Å². The molecule has 48 valence electrons. The maximum absolute atomic E-state index is 5.33. The maximum Gasteiger partial charge on any atom is 0.0621 e. The summed E-state index contributed by atoms with van der Waals surface area (Å²) in [6, 6.07) is 0. The molecule has 1 N–H and O–H groups in total. The average molecular weight is 135 g/mol. The summed E-state index contributed by atoms with van der Waals surface area (Å²) in [4.78, 5) is 6.37. The van der Waals surface area contributed by atoms with Crippen LogP contribution in [0.3, 0.4) is 0 Å². The largest absolute Gasteiger partial charge is 0.299 e. The molecule has 0 spiro atoms. The highest BCUT2D eigenvalue weighted by Gasteiger charge is 2.10. The van der Waals surface area contributed by atoms with E-state index in [1.54, 1.807) is 13.3 Å². The molecule has 0 aliphatic rings. The average Bonchev–Trinajstić information content (AvgIpc) is 1.67. The number of hydrogen-bond acceptors (Lipinski definition) is 2. The number of halogens is 1. The molecule has 8 heavy (non-hydrogen) atoms. The lowest BCUT2D eigenvalue weighted by Gasteiger charge is -2.14. The standard InChI is InChI=1S/C5H11ClN2/c1-5(2,8-6)4-7-3/h4,8H,1-3H3. The van der Waals surface area contributed by atoms with E-state index in [1.165, 1.54) is 0 Å². The molecule has 0 saturated heterocycles. The lowest BCUT2D eigenvalue weighted by atomic mass is 10.1. The number of nitrogens with one attached hydrogen (secondary N) is 1. The van der Waals surface area contributed by atoms with Crippen LogP contribution in [0.4, 0.5) is 0 Å². The van der Waals surface area contributed by atoms with E-state index in [-0.39, 0.29) is 5.54 Å². The number of rotatable bonds is 2. The lowest BCUT2D eigenvalue weighted by Crippen LogP contribution is -2.33. The highest BCUT2D eigenvalue weighted by Crippen LogP contribution is 1.97. The first kappa shape index (κ1) is 7.92. The summed E-state index contributed by atoms with van der Waals surface area (Å²) in [5.74, 6) is 0. The lowest BCUT2D eigenvalue weighted by molar-refractivity contribution is 0.651. The fourth-order valence-corrected chi connectivity index (χ4v) is 0.396. The predicted octanol–water partition coefficient (Wildman–Crippen LogP) is 1.21. The molecule has 0 aliphatic carbocycles. The third kappa shape index (κ3) is 2.99. The van der Waals surface area contributed by atoms with E-state index < -0.39 is 0 Å². The van der Waals surface area contributed by atoms with Gasteiger partial charge in [-0.25, -0.2) is 4.84 Å². The van der Waals surface area contributed by atoms with E-state index in [4.69, 9.17) is 11.8 Å². The fourth-order valence-electron chi connectivity index (χ4n) is 0.347. The highest BCUT2D eigenvalue weighted by molar-refractivity contribution is 6.15. The van der Waals surface area contributed by atoms with Gasteiger partial charge in [0.2, 0.25) is 0 Å². The Kier molecular flexibility index (Phi) is 3.02. The van der Waals surface area contributed by atoms with E-state index >= 15 is 0 Å². The van der Waals surface area contributed by atoms with Gasteiger partial charge in [-0.15, -0.1) is 0 Å². The first-order valence-electron chi connectivity index (χ1n) is 2.43. The third-order valence-corrected chi connectivity index (χ3v) is 1.18. The number of aliphatic imine (C=N–C) groups is 1. The van der Waals surface area contributed by atoms with Gasteiger partial charge in [0.05, 0.1) is 5.54 Å². The van der Waals surface area contributed by atoms with Crippen molar-refractivity contribution in [1.29, 1.82) is 0 Å². The van der Waals surface area contributed by atoms with Gasteiger partial charge in [-0.2, -0.15) is 0 Å². The smallest absolute Gasteiger partial charge is 0.0621 e. The van der Waals surface area contributed by atoms with E-state index in [2.05, 4.69) is 9.83 Å². The van der Waals surface area contributed by atoms with Crippen molar-refractivity contribution in [3.05, 3.63) is 0 Å². The van der Waals surface area contributed by atoms with E-state index in [1.807, 2.05) is 13.8 Å². The Bertz CT molecular complexity index is 88.4. The predicted molar refractivity (Wildman–Crippen MR) is 37.5 cm³/mol. The Morgan fingerprint density at radius 1 is 1.62 bits per heavy atom. The zero-order valence-corrected chi connectivity index (χ0v) is 6.16. The molecule has 0 heterocycles. The second kappa shape index (κ2) is 3.05. The molecule has 0 saturated carbocycles. The summed E-state index contributed by atoms with van der Waals surface area (Å²) in [5.41, 5.74) is -0.184. The Labute approximate surface area is 55.1 Å². The summed E-state index contributed by atoms with van der Waals surface area (Å²) >= 11 is 5.33. The van der Waals surface area contributed by atoms with Gasteiger partial charge in [-0.3, -0.25) is 4.99 Å². The molecule has 0 radical (unpaired) electrons. The van der Waals surface area contributed by atoms with E-state index in [9.17, 15) is 0 Å². The SMILES string of the molecule is CN=CC(C)(C)NCl. The molecule has 0 rings (SSSR count). The molecule has 0 unspecified atom stereocenters. The normalized spacial score (nSPS) is 13.0. The van der Waals surface area contributed by atoms with Crippen molar-refractivity contribution in [2.45, 2.75) is 19.4 Å². The van der Waals surface area contributed by atoms with Crippen LogP contribution >= 0.6 is 11.8 Å². The van der Waals surface area contributed by atoms with Crippen LogP contribution < -0.4 is 4.84 Å². The zero-order chi connectivity index (χ0) is 6.62. The highest BCUT2D eigenvalue weighted by atomic mass is 35.5. The summed E-state index contributed by atoms with van der Waals surface area (Å²) < 4.78 is 0. The van der Waals surface area contributed by atoms with Crippen LogP contribution in [0, 0.1) is 0 Å². The molecule has 0 amide bonds. The zero-order valence-electron chi connectivity index (χ0n) is 5.40. The molecule has 0 fully saturated rings. The van der Waals surface area contributed by atoms with Gasteiger partial charge in [0.1, 0.15) is 0 Å². The van der Waals surface area contributed by atoms with E-state index in [0.29, 0.717) is 0 Å². The van der Waals surface area contributed by atoms with Crippen molar-refractivity contribution in [3.63, 3.8) is 0 Å². The Morgan fingerprint density at radius 3 is 2.25 bits per heavy atom. The van der Waals surface area contributed by atoms with Crippen LogP contribution in [0.15, 0.2) is 4.99 Å². The molecule has 2 nitrogen and oxygen atoms in total. The van der Waals surface area contributed by atoms with Crippen molar-refractivity contribution < 1.29 is 0 Å². The van der Waals surface area contributed by atoms with Gasteiger partial charge >= 0.3 is 0 Å². The van der Waals surface area contributed by atoms with Crippen molar-refractivity contribution in [1.82, 2.24) is 4.84 Å². The van der Waals surface area contributed by atoms with Crippen molar-refractivity contribution in [2.24, 2.45) is 4.99 Å². The summed E-state index contributed by atoms with van der Waals surface area (Å²) in [7, 11) is 1.72. The van der Waals surface area contributed by atoms with Gasteiger partial charge in [0.15, 0.2) is 0 Å². The number of hydrogen-bond donors (Lipinski definition) is 1. The van der Waals surface area contributed by atoms with Gasteiger partial charge in [0.25, 0.3) is 0 Å². The van der Waals surface area contributed by atoms with Crippen LogP contribution in [0.5, 0.6) is 0 Å². The molecular formula is C5H11ClN2. The minimum atomic E-state index is -0.184. The molecule has 0 atom stereocenters. The van der Waals surface area contributed by atoms with Gasteiger partial charge in [-0.05, 0) is 25.6 Å². The maximum atomic E-state index is 5.33. The van der Waals surface area contributed by atoms with Crippen LogP contribution in [0.1, 0.15) is 13.8 Å². The first-order valence-corrected chi connectivity index (χ1v) is 2.81. The number of nitrogens with zero attached hydrogens (tertiary/aromatic N) is 1. The molecule has 0 bridgehead atoms. The Morgan fingerprint density at radius 2 is 2.12 bits per heavy atom. The van der Waals surface area contributed by atoms with Crippen LogP contribution in [-0.2, 0) is 0 Å². The first-order chi connectivity index (χ1) is 3.62. The summed E-state index contributed by atoms with van der Waals surface area (Å²) in [6.45, 7) is 3.88. The quantitative estimate of drug-likeness (QED) is 0.446. The second-order valence-electron chi connectivity index (χ2n) is 2.20. The molecule has 0 aromatic heterocycles. The molecule has 0 aromatic carbocycles. The summed E-state index contributed by atoms with van der Waals surface area (Å²) in [6.07, 6.45) is 1.75. The molecule has 3 heteroatoms. The van der Waals surface area contributed by atoms with Gasteiger partial charge in [0, 0.05) is 13.3 Å².